The standard InChI is InChI=1S/C13H20O8.4C3H6O2S/c1-8(17)3-10(19)12(13(5-14,6-15)7-16)21-11(20)4-9(2)18;4*4-3(5)1-2-6/h12,14-16H,3-7H2,1-2H3;4*6H,1-2H2,(H,4,5)/t12-;;;;/m1..../s1. The van der Waals surface area contributed by atoms with Gasteiger partial charge in [0.2, 0.25) is 0 Å². The molecule has 0 saturated carbocycles. The number of carbonyl (C=O) groups is 8. The molecule has 0 spiro atoms. The number of carboxylic acid groups (broad SMARTS) is 4. The zero-order valence-corrected chi connectivity index (χ0v) is 28.4. The van der Waals surface area contributed by atoms with Crippen LogP contribution in [-0.2, 0) is 43.1 Å². The van der Waals surface area contributed by atoms with E-state index in [1.807, 2.05) is 0 Å². The van der Waals surface area contributed by atoms with Gasteiger partial charge in [-0.15, -0.1) is 0 Å². The summed E-state index contributed by atoms with van der Waals surface area (Å²) in [7, 11) is 0. The van der Waals surface area contributed by atoms with E-state index in [1.165, 1.54) is 0 Å². The number of aliphatic hydroxyl groups is 3. The first-order valence-electron chi connectivity index (χ1n) is 12.6. The Hall–Kier alpha value is -2.36. The van der Waals surface area contributed by atoms with Crippen LogP contribution in [0.25, 0.3) is 0 Å². The first-order chi connectivity index (χ1) is 20.8. The number of ether oxygens (including phenoxy) is 1. The van der Waals surface area contributed by atoms with Crippen molar-refractivity contribution < 1.29 is 78.8 Å². The van der Waals surface area contributed by atoms with Crippen molar-refractivity contribution in [1.29, 1.82) is 0 Å². The molecule has 20 heteroatoms. The van der Waals surface area contributed by atoms with Gasteiger partial charge in [-0.1, -0.05) is 0 Å². The highest BCUT2D eigenvalue weighted by atomic mass is 32.1. The number of Topliss-reactive ketones (excluding diaryl/α,β-unsaturated/α-hetero) is 3. The summed E-state index contributed by atoms with van der Waals surface area (Å²) in [6.45, 7) is -0.249. The molecule has 0 aromatic carbocycles. The van der Waals surface area contributed by atoms with Crippen LogP contribution in [0.15, 0.2) is 0 Å². The van der Waals surface area contributed by atoms with E-state index in [0.717, 1.165) is 13.8 Å². The molecule has 16 nitrogen and oxygen atoms in total. The SMILES string of the molecule is CC(=O)CC(=O)O[C@H](C(=O)CC(C)=O)C(CO)(CO)CO.O=C(O)CCS.O=C(O)CCS.O=C(O)CCS.O=C(O)CCS. The molecule has 0 heterocycles. The zero-order valence-electron chi connectivity index (χ0n) is 24.9. The molecule has 45 heavy (non-hydrogen) atoms. The Morgan fingerprint density at radius 1 is 0.556 bits per heavy atom. The summed E-state index contributed by atoms with van der Waals surface area (Å²) >= 11 is 14.7. The Morgan fingerprint density at radius 3 is 0.978 bits per heavy atom. The van der Waals surface area contributed by atoms with Gasteiger partial charge < -0.3 is 40.5 Å². The lowest BCUT2D eigenvalue weighted by molar-refractivity contribution is -0.173. The molecule has 7 N–H and O–H groups in total. The lowest BCUT2D eigenvalue weighted by Crippen LogP contribution is -2.51. The minimum atomic E-state index is -1.82. The Morgan fingerprint density at radius 2 is 0.822 bits per heavy atom. The van der Waals surface area contributed by atoms with Crippen LogP contribution in [0.1, 0.15) is 52.4 Å². The highest BCUT2D eigenvalue weighted by molar-refractivity contribution is 7.80. The number of esters is 1. The maximum Gasteiger partial charge on any atom is 0.314 e. The highest BCUT2D eigenvalue weighted by Crippen LogP contribution is 2.26. The summed E-state index contributed by atoms with van der Waals surface area (Å²) in [5.74, 6) is -4.35. The molecule has 0 rings (SSSR count). The summed E-state index contributed by atoms with van der Waals surface area (Å²) in [6.07, 6.45) is -2.27. The monoisotopic (exact) mass is 728 g/mol. The molecule has 0 bridgehead atoms. The molecule has 0 aliphatic heterocycles. The Labute approximate surface area is 282 Å². The molecule has 0 unspecified atom stereocenters. The predicted molar refractivity (Wildman–Crippen MR) is 174 cm³/mol. The average molecular weight is 729 g/mol. The van der Waals surface area contributed by atoms with Gasteiger partial charge >= 0.3 is 29.8 Å². The van der Waals surface area contributed by atoms with Gasteiger partial charge in [-0.25, -0.2) is 0 Å². The van der Waals surface area contributed by atoms with E-state index in [4.69, 9.17) is 25.2 Å². The second-order valence-corrected chi connectivity index (χ2v) is 10.2. The molecule has 0 fully saturated rings. The van der Waals surface area contributed by atoms with Gasteiger partial charge in [0.25, 0.3) is 0 Å². The Bertz CT molecular complexity index is 822. The lowest BCUT2D eigenvalue weighted by Gasteiger charge is -2.34. The number of rotatable bonds is 18. The third-order valence-corrected chi connectivity index (χ3v) is 5.06. The number of ketones is 3. The molecule has 0 aromatic rings. The number of carboxylic acids is 4. The number of carbonyl (C=O) groups excluding carboxylic acids is 4. The predicted octanol–water partition coefficient (Wildman–Crippen LogP) is -0.0476. The van der Waals surface area contributed by atoms with Crippen molar-refractivity contribution in [3.63, 3.8) is 0 Å². The largest absolute Gasteiger partial charge is 0.481 e. The maximum atomic E-state index is 12.0. The van der Waals surface area contributed by atoms with Crippen LogP contribution in [0, 0.1) is 5.41 Å². The number of aliphatic hydroxyl groups excluding tert-OH is 3. The van der Waals surface area contributed by atoms with Crippen LogP contribution in [0.2, 0.25) is 0 Å². The van der Waals surface area contributed by atoms with Crippen molar-refractivity contribution in [3.05, 3.63) is 0 Å². The Kier molecular flexibility index (Phi) is 40.0. The van der Waals surface area contributed by atoms with E-state index < -0.39 is 91.4 Å². The first kappa shape index (κ1) is 52.2. The van der Waals surface area contributed by atoms with Gasteiger partial charge in [-0.3, -0.25) is 38.4 Å². The van der Waals surface area contributed by atoms with E-state index in [0.29, 0.717) is 23.0 Å². The second kappa shape index (κ2) is 34.5. The van der Waals surface area contributed by atoms with Crippen molar-refractivity contribution in [2.45, 2.75) is 58.5 Å². The van der Waals surface area contributed by atoms with Crippen LogP contribution in [0.3, 0.4) is 0 Å². The van der Waals surface area contributed by atoms with Crippen LogP contribution < -0.4 is 0 Å². The summed E-state index contributed by atoms with van der Waals surface area (Å²) in [5, 5.41) is 59.4. The first-order valence-corrected chi connectivity index (χ1v) is 15.2. The molecule has 0 aliphatic carbocycles. The van der Waals surface area contributed by atoms with E-state index in [9.17, 15) is 53.7 Å². The number of hydrogen-bond donors (Lipinski definition) is 11. The summed E-state index contributed by atoms with van der Waals surface area (Å²) < 4.78 is 4.82. The fraction of sp³-hybridized carbons (Fsp3) is 0.680. The van der Waals surface area contributed by atoms with Crippen LogP contribution >= 0.6 is 50.5 Å². The normalized spacial score (nSPS) is 10.2. The van der Waals surface area contributed by atoms with E-state index in [2.05, 4.69) is 50.5 Å². The molecule has 0 saturated heterocycles. The summed E-state index contributed by atoms with van der Waals surface area (Å²) in [5.41, 5.74) is -1.82. The smallest absolute Gasteiger partial charge is 0.314 e. The van der Waals surface area contributed by atoms with E-state index in [1.54, 1.807) is 0 Å². The molecular weight excluding hydrogens is 685 g/mol. The number of hydrogen-bond acceptors (Lipinski definition) is 16. The van der Waals surface area contributed by atoms with Crippen molar-refractivity contribution in [2.24, 2.45) is 5.41 Å². The minimum absolute atomic E-state index is 0.156. The fourth-order valence-electron chi connectivity index (χ4n) is 2.03. The second-order valence-electron chi connectivity index (χ2n) is 8.40. The average Bonchev–Trinajstić information content (AvgIpc) is 2.89. The molecule has 1 atom stereocenters. The summed E-state index contributed by atoms with van der Waals surface area (Å²) in [4.78, 5) is 83.6. The van der Waals surface area contributed by atoms with Crippen LogP contribution in [0.4, 0.5) is 0 Å². The fourth-order valence-corrected chi connectivity index (χ4v) is 2.79. The molecule has 0 amide bonds. The van der Waals surface area contributed by atoms with Crippen LogP contribution in [-0.4, -0.2) is 132 Å². The van der Waals surface area contributed by atoms with Gasteiger partial charge in [-0.2, -0.15) is 50.5 Å². The quantitative estimate of drug-likeness (QED) is 0.0501. The van der Waals surface area contributed by atoms with Crippen molar-refractivity contribution in [1.82, 2.24) is 0 Å². The zero-order chi connectivity index (χ0) is 36.6. The van der Waals surface area contributed by atoms with Gasteiger partial charge in [-0.05, 0) is 13.8 Å². The van der Waals surface area contributed by atoms with Gasteiger partial charge in [0, 0.05) is 23.0 Å². The van der Waals surface area contributed by atoms with Crippen molar-refractivity contribution in [3.8, 4) is 0 Å². The highest BCUT2D eigenvalue weighted by Gasteiger charge is 2.45. The molecule has 0 aliphatic rings. The summed E-state index contributed by atoms with van der Waals surface area (Å²) in [6, 6.07) is 0. The molecule has 0 radical (unpaired) electrons. The molecule has 264 valence electrons. The van der Waals surface area contributed by atoms with E-state index >= 15 is 0 Å². The van der Waals surface area contributed by atoms with E-state index in [-0.39, 0.29) is 25.7 Å². The molecule has 0 aromatic heterocycles. The van der Waals surface area contributed by atoms with Gasteiger partial charge in [0.15, 0.2) is 11.9 Å². The third kappa shape index (κ3) is 39.6. The van der Waals surface area contributed by atoms with Crippen LogP contribution in [0.5, 0.6) is 0 Å². The third-order valence-electron chi connectivity index (χ3n) is 4.16. The Balaban J connectivity index is -0.000000179. The van der Waals surface area contributed by atoms with Gasteiger partial charge in [0.1, 0.15) is 18.0 Å². The lowest BCUT2D eigenvalue weighted by atomic mass is 9.81. The number of thiol groups is 4. The minimum Gasteiger partial charge on any atom is -0.481 e. The van der Waals surface area contributed by atoms with Crippen molar-refractivity contribution >= 4 is 97.7 Å². The topological polar surface area (TPSA) is 287 Å². The van der Waals surface area contributed by atoms with Gasteiger partial charge in [0.05, 0.1) is 57.3 Å². The number of aliphatic carboxylic acids is 4. The maximum absolute atomic E-state index is 12.0. The van der Waals surface area contributed by atoms with Crippen molar-refractivity contribution in [2.75, 3.05) is 42.8 Å². The molecular formula is C25H44O16S4.